The lowest BCUT2D eigenvalue weighted by Crippen LogP contribution is -2.54. The zero-order chi connectivity index (χ0) is 20.4. The molecule has 0 spiro atoms. The van der Waals surface area contributed by atoms with E-state index in [-0.39, 0.29) is 31.3 Å². The highest BCUT2D eigenvalue weighted by molar-refractivity contribution is 5.86. The van der Waals surface area contributed by atoms with Crippen LogP contribution < -0.4 is 5.32 Å². The number of amides is 2. The summed E-state index contributed by atoms with van der Waals surface area (Å²) in [6.45, 7) is 1.95. The van der Waals surface area contributed by atoms with Gasteiger partial charge in [-0.15, -0.1) is 0 Å². The van der Waals surface area contributed by atoms with Crippen molar-refractivity contribution >= 4 is 11.8 Å². The number of benzene rings is 1. The lowest BCUT2D eigenvalue weighted by molar-refractivity contribution is -0.148. The second-order valence-electron chi connectivity index (χ2n) is 7.51. The molecular weight excluding hydrogens is 375 g/mol. The van der Waals surface area contributed by atoms with E-state index in [4.69, 9.17) is 0 Å². The Labute approximate surface area is 161 Å². The molecule has 0 bridgehead atoms. The lowest BCUT2D eigenvalue weighted by atomic mass is 9.90. The molecule has 2 heterocycles. The van der Waals surface area contributed by atoms with Crippen LogP contribution in [0.2, 0.25) is 0 Å². The molecule has 3 rings (SSSR count). The van der Waals surface area contributed by atoms with Crippen molar-refractivity contribution in [2.75, 3.05) is 32.7 Å². The van der Waals surface area contributed by atoms with Crippen LogP contribution in [0.5, 0.6) is 0 Å². The number of carbonyl (C=O) groups is 2. The number of hydrogen-bond donors (Lipinski definition) is 2. The highest BCUT2D eigenvalue weighted by Gasteiger charge is 2.35. The Kier molecular flexibility index (Phi) is 5.95. The average Bonchev–Trinajstić information content (AvgIpc) is 2.63. The fraction of sp³-hybridized carbons (Fsp3) is 0.579. The third kappa shape index (κ3) is 5.02. The Balaban J connectivity index is 1.53. The first-order valence-corrected chi connectivity index (χ1v) is 9.31. The molecule has 1 aromatic rings. The molecule has 2 aliphatic rings. The van der Waals surface area contributed by atoms with E-state index in [2.05, 4.69) is 5.32 Å². The van der Waals surface area contributed by atoms with Gasteiger partial charge < -0.3 is 20.2 Å². The first kappa shape index (κ1) is 20.6. The zero-order valence-electron chi connectivity index (χ0n) is 15.5. The van der Waals surface area contributed by atoms with Crippen molar-refractivity contribution in [1.29, 1.82) is 0 Å². The lowest BCUT2D eigenvalue weighted by Gasteiger charge is -2.37. The molecule has 0 aromatic heterocycles. The van der Waals surface area contributed by atoms with Crippen LogP contribution in [0.4, 0.5) is 13.2 Å². The SMILES string of the molecule is O=C(CC1(O)CCCNC1)N1CCN(Cc2ccc(C(F)(F)F)cc2)C(=O)C1. The van der Waals surface area contributed by atoms with Gasteiger partial charge in [-0.05, 0) is 37.1 Å². The van der Waals surface area contributed by atoms with Gasteiger partial charge in [0.05, 0.1) is 24.1 Å². The van der Waals surface area contributed by atoms with Gasteiger partial charge in [0.2, 0.25) is 11.8 Å². The fourth-order valence-electron chi connectivity index (χ4n) is 3.60. The molecule has 1 aromatic carbocycles. The van der Waals surface area contributed by atoms with E-state index in [0.717, 1.165) is 25.1 Å². The minimum atomic E-state index is -4.39. The molecule has 28 heavy (non-hydrogen) atoms. The normalized spacial score (nSPS) is 23.8. The molecule has 1 unspecified atom stereocenters. The van der Waals surface area contributed by atoms with Gasteiger partial charge in [-0.25, -0.2) is 0 Å². The topological polar surface area (TPSA) is 72.9 Å². The van der Waals surface area contributed by atoms with Gasteiger partial charge >= 0.3 is 6.18 Å². The maximum atomic E-state index is 12.6. The number of aliphatic hydroxyl groups is 1. The van der Waals surface area contributed by atoms with E-state index >= 15 is 0 Å². The first-order valence-electron chi connectivity index (χ1n) is 9.31. The number of halogens is 3. The molecule has 2 amide bonds. The Bertz CT molecular complexity index is 715. The van der Waals surface area contributed by atoms with Gasteiger partial charge in [0.15, 0.2) is 0 Å². The Morgan fingerprint density at radius 1 is 1.21 bits per heavy atom. The number of nitrogens with zero attached hydrogens (tertiary/aromatic N) is 2. The largest absolute Gasteiger partial charge is 0.416 e. The summed E-state index contributed by atoms with van der Waals surface area (Å²) in [5, 5.41) is 13.6. The summed E-state index contributed by atoms with van der Waals surface area (Å²) in [6.07, 6.45) is -3.07. The summed E-state index contributed by atoms with van der Waals surface area (Å²) in [5.74, 6) is -0.512. The predicted octanol–water partition coefficient (Wildman–Crippen LogP) is 1.38. The molecule has 0 saturated carbocycles. The second-order valence-corrected chi connectivity index (χ2v) is 7.51. The standard InChI is InChI=1S/C19H24F3N3O3/c20-19(21,22)15-4-2-14(3-5-15)11-24-8-9-25(12-17(24)27)16(26)10-18(28)6-1-7-23-13-18/h2-5,23,28H,1,6-13H2. The minimum Gasteiger partial charge on any atom is -0.388 e. The third-order valence-electron chi connectivity index (χ3n) is 5.26. The summed E-state index contributed by atoms with van der Waals surface area (Å²) in [7, 11) is 0. The molecule has 2 saturated heterocycles. The Morgan fingerprint density at radius 2 is 1.93 bits per heavy atom. The highest BCUT2D eigenvalue weighted by Crippen LogP contribution is 2.29. The molecular formula is C19H24F3N3O3. The zero-order valence-corrected chi connectivity index (χ0v) is 15.5. The van der Waals surface area contributed by atoms with E-state index in [1.165, 1.54) is 21.9 Å². The summed E-state index contributed by atoms with van der Waals surface area (Å²) >= 11 is 0. The summed E-state index contributed by atoms with van der Waals surface area (Å²) in [5.41, 5.74) is -1.20. The number of alkyl halides is 3. The number of carbonyl (C=O) groups excluding carboxylic acids is 2. The number of piperidine rings is 1. The highest BCUT2D eigenvalue weighted by atomic mass is 19.4. The van der Waals surface area contributed by atoms with Crippen molar-refractivity contribution in [2.24, 2.45) is 0 Å². The van der Waals surface area contributed by atoms with Crippen LogP contribution in [-0.2, 0) is 22.3 Å². The van der Waals surface area contributed by atoms with Crippen molar-refractivity contribution in [3.63, 3.8) is 0 Å². The Morgan fingerprint density at radius 3 is 2.50 bits per heavy atom. The van der Waals surface area contributed by atoms with Crippen molar-refractivity contribution in [3.8, 4) is 0 Å². The van der Waals surface area contributed by atoms with Gasteiger partial charge in [-0.3, -0.25) is 9.59 Å². The monoisotopic (exact) mass is 399 g/mol. The molecule has 1 atom stereocenters. The van der Waals surface area contributed by atoms with E-state index in [9.17, 15) is 27.9 Å². The number of β-amino-alcohol motifs (C(OH)–C–C–N with tert-alkyl or cyclic N) is 1. The fourth-order valence-corrected chi connectivity index (χ4v) is 3.60. The Hall–Kier alpha value is -2.13. The number of hydrogen-bond acceptors (Lipinski definition) is 4. The van der Waals surface area contributed by atoms with E-state index < -0.39 is 17.3 Å². The third-order valence-corrected chi connectivity index (χ3v) is 5.26. The van der Waals surface area contributed by atoms with Crippen LogP contribution in [-0.4, -0.2) is 65.0 Å². The van der Waals surface area contributed by atoms with Gasteiger partial charge in [0, 0.05) is 26.2 Å². The molecule has 2 fully saturated rings. The van der Waals surface area contributed by atoms with E-state index in [1.54, 1.807) is 0 Å². The van der Waals surface area contributed by atoms with Crippen LogP contribution in [0, 0.1) is 0 Å². The van der Waals surface area contributed by atoms with Crippen LogP contribution in [0.25, 0.3) is 0 Å². The summed E-state index contributed by atoms with van der Waals surface area (Å²) in [4.78, 5) is 27.8. The van der Waals surface area contributed by atoms with Gasteiger partial charge in [-0.2, -0.15) is 13.2 Å². The summed E-state index contributed by atoms with van der Waals surface area (Å²) in [6, 6.07) is 4.72. The van der Waals surface area contributed by atoms with E-state index in [0.29, 0.717) is 31.6 Å². The van der Waals surface area contributed by atoms with Crippen LogP contribution in [0.1, 0.15) is 30.4 Å². The van der Waals surface area contributed by atoms with Crippen LogP contribution >= 0.6 is 0 Å². The smallest absolute Gasteiger partial charge is 0.388 e. The predicted molar refractivity (Wildman–Crippen MR) is 95.1 cm³/mol. The first-order chi connectivity index (χ1) is 13.2. The van der Waals surface area contributed by atoms with Crippen LogP contribution in [0.3, 0.4) is 0 Å². The maximum Gasteiger partial charge on any atom is 0.416 e. The van der Waals surface area contributed by atoms with Crippen molar-refractivity contribution in [2.45, 2.75) is 37.6 Å². The van der Waals surface area contributed by atoms with Crippen molar-refractivity contribution in [1.82, 2.24) is 15.1 Å². The van der Waals surface area contributed by atoms with Gasteiger partial charge in [0.25, 0.3) is 0 Å². The maximum absolute atomic E-state index is 12.6. The molecule has 154 valence electrons. The minimum absolute atomic E-state index is 0.0216. The number of rotatable bonds is 4. The van der Waals surface area contributed by atoms with Crippen LogP contribution in [0.15, 0.2) is 24.3 Å². The molecule has 2 aliphatic heterocycles. The van der Waals surface area contributed by atoms with Gasteiger partial charge in [-0.1, -0.05) is 12.1 Å². The number of nitrogens with one attached hydrogen (secondary N) is 1. The van der Waals surface area contributed by atoms with Crippen molar-refractivity contribution < 1.29 is 27.9 Å². The second kappa shape index (κ2) is 8.08. The molecule has 2 N–H and O–H groups in total. The number of piperazine rings is 1. The molecule has 9 heteroatoms. The molecule has 0 radical (unpaired) electrons. The summed E-state index contributed by atoms with van der Waals surface area (Å²) < 4.78 is 37.9. The molecule has 0 aliphatic carbocycles. The van der Waals surface area contributed by atoms with E-state index in [1.807, 2.05) is 0 Å². The van der Waals surface area contributed by atoms with Crippen molar-refractivity contribution in [3.05, 3.63) is 35.4 Å². The molecule has 6 nitrogen and oxygen atoms in total. The average molecular weight is 399 g/mol. The quantitative estimate of drug-likeness (QED) is 0.803. The van der Waals surface area contributed by atoms with Gasteiger partial charge in [0.1, 0.15) is 0 Å².